The third kappa shape index (κ3) is 3.79. The van der Waals surface area contributed by atoms with Crippen LogP contribution in [0.5, 0.6) is 0 Å². The fraction of sp³-hybridized carbons (Fsp3) is 0.444. The molecule has 1 aromatic heterocycles. The Kier molecular flexibility index (Phi) is 3.75. The molecular formula is C9H13N3O4. The number of hydrogen-bond acceptors (Lipinski definition) is 6. The normalized spacial score (nSPS) is 11.2. The molecule has 0 saturated heterocycles. The lowest BCUT2D eigenvalue weighted by atomic mass is 10.2. The maximum atomic E-state index is 10.6. The number of pyridine rings is 1. The van der Waals surface area contributed by atoms with Gasteiger partial charge in [0.15, 0.2) is 0 Å². The van der Waals surface area contributed by atoms with Crippen LogP contribution in [0, 0.1) is 10.1 Å². The summed E-state index contributed by atoms with van der Waals surface area (Å²) < 4.78 is 0. The summed E-state index contributed by atoms with van der Waals surface area (Å²) in [5.41, 5.74) is 1.14. The van der Waals surface area contributed by atoms with Gasteiger partial charge in [0.25, 0.3) is 0 Å². The topological polar surface area (TPSA) is 97.5 Å². The number of rotatable bonds is 5. The van der Waals surface area contributed by atoms with Crippen LogP contribution >= 0.6 is 0 Å². The Hall–Kier alpha value is -1.73. The zero-order valence-electron chi connectivity index (χ0n) is 9.01. The molecule has 0 aliphatic carbocycles. The Morgan fingerprint density at radius 1 is 1.69 bits per heavy atom. The minimum Gasteiger partial charge on any atom is -0.388 e. The second kappa shape index (κ2) is 4.86. The van der Waals surface area contributed by atoms with Crippen molar-refractivity contribution in [3.05, 3.63) is 28.4 Å². The maximum Gasteiger partial charge on any atom is 0.313 e. The SMILES string of the molecule is CC(C)(O)CONc1ncccc1[N+](=O)[O-]. The molecule has 0 unspecified atom stereocenters. The van der Waals surface area contributed by atoms with Crippen LogP contribution in [0.15, 0.2) is 18.3 Å². The molecule has 2 N–H and O–H groups in total. The molecule has 0 aliphatic rings. The Labute approximate surface area is 92.2 Å². The minimum absolute atomic E-state index is 0.0109. The van der Waals surface area contributed by atoms with E-state index in [1.54, 1.807) is 13.8 Å². The van der Waals surface area contributed by atoms with Gasteiger partial charge in [0.2, 0.25) is 5.82 Å². The summed E-state index contributed by atoms with van der Waals surface area (Å²) in [6.45, 7) is 3.10. The molecule has 0 aliphatic heterocycles. The van der Waals surface area contributed by atoms with Crippen molar-refractivity contribution in [1.29, 1.82) is 0 Å². The first-order valence-corrected chi connectivity index (χ1v) is 4.60. The first-order chi connectivity index (χ1) is 7.40. The van der Waals surface area contributed by atoms with Gasteiger partial charge in [0.1, 0.15) is 6.61 Å². The minimum atomic E-state index is -1.02. The number of aromatic nitrogens is 1. The Morgan fingerprint density at radius 2 is 2.38 bits per heavy atom. The second-order valence-electron chi connectivity index (χ2n) is 3.83. The van der Waals surface area contributed by atoms with Crippen molar-refractivity contribution in [1.82, 2.24) is 4.98 Å². The number of nitro groups is 1. The maximum absolute atomic E-state index is 10.6. The van der Waals surface area contributed by atoms with E-state index in [9.17, 15) is 15.2 Å². The van der Waals surface area contributed by atoms with Crippen molar-refractivity contribution in [2.24, 2.45) is 0 Å². The highest BCUT2D eigenvalue weighted by molar-refractivity contribution is 5.53. The summed E-state index contributed by atoms with van der Waals surface area (Å²) in [7, 11) is 0. The van der Waals surface area contributed by atoms with Gasteiger partial charge in [-0.3, -0.25) is 15.0 Å². The highest BCUT2D eigenvalue weighted by Gasteiger charge is 2.16. The van der Waals surface area contributed by atoms with Gasteiger partial charge in [-0.1, -0.05) is 0 Å². The summed E-state index contributed by atoms with van der Waals surface area (Å²) in [6.07, 6.45) is 1.41. The van der Waals surface area contributed by atoms with Gasteiger partial charge in [0, 0.05) is 12.3 Å². The van der Waals surface area contributed by atoms with Gasteiger partial charge in [-0.05, 0) is 19.9 Å². The third-order valence-corrected chi connectivity index (χ3v) is 1.58. The largest absolute Gasteiger partial charge is 0.388 e. The highest BCUT2D eigenvalue weighted by atomic mass is 16.7. The molecule has 1 rings (SSSR count). The summed E-state index contributed by atoms with van der Waals surface area (Å²) >= 11 is 0. The van der Waals surface area contributed by atoms with Gasteiger partial charge in [-0.2, -0.15) is 0 Å². The van der Waals surface area contributed by atoms with Crippen LogP contribution in [-0.4, -0.2) is 27.2 Å². The zero-order valence-corrected chi connectivity index (χ0v) is 9.01. The second-order valence-corrected chi connectivity index (χ2v) is 3.83. The van der Waals surface area contributed by atoms with Crippen LogP contribution in [0.1, 0.15) is 13.8 Å². The van der Waals surface area contributed by atoms with Crippen molar-refractivity contribution in [2.75, 3.05) is 12.1 Å². The van der Waals surface area contributed by atoms with Crippen molar-refractivity contribution in [3.63, 3.8) is 0 Å². The average molecular weight is 227 g/mol. The number of nitrogens with one attached hydrogen (secondary N) is 1. The smallest absolute Gasteiger partial charge is 0.313 e. The van der Waals surface area contributed by atoms with Crippen LogP contribution in [0.3, 0.4) is 0 Å². The Morgan fingerprint density at radius 3 is 2.94 bits per heavy atom. The summed E-state index contributed by atoms with van der Waals surface area (Å²) in [6, 6.07) is 2.77. The number of anilines is 1. The van der Waals surface area contributed by atoms with E-state index in [4.69, 9.17) is 4.84 Å². The Balaban J connectivity index is 2.64. The molecule has 1 heterocycles. The quantitative estimate of drug-likeness (QED) is 0.577. The van der Waals surface area contributed by atoms with E-state index in [1.165, 1.54) is 18.3 Å². The van der Waals surface area contributed by atoms with Gasteiger partial charge < -0.3 is 5.11 Å². The van der Waals surface area contributed by atoms with Crippen LogP contribution < -0.4 is 5.48 Å². The molecule has 0 bridgehead atoms. The molecule has 0 amide bonds. The number of nitrogens with zero attached hydrogens (tertiary/aromatic N) is 2. The van der Waals surface area contributed by atoms with Crippen molar-refractivity contribution >= 4 is 11.5 Å². The average Bonchev–Trinajstić information content (AvgIpc) is 2.16. The lowest BCUT2D eigenvalue weighted by Crippen LogP contribution is -2.27. The molecular weight excluding hydrogens is 214 g/mol. The van der Waals surface area contributed by atoms with Gasteiger partial charge in [0.05, 0.1) is 10.5 Å². The number of aliphatic hydroxyl groups is 1. The van der Waals surface area contributed by atoms with E-state index in [1.807, 2.05) is 0 Å². The lowest BCUT2D eigenvalue weighted by Gasteiger charge is -2.16. The van der Waals surface area contributed by atoms with Crippen LogP contribution in [0.4, 0.5) is 11.5 Å². The third-order valence-electron chi connectivity index (χ3n) is 1.58. The van der Waals surface area contributed by atoms with Crippen molar-refractivity contribution in [3.8, 4) is 0 Å². The van der Waals surface area contributed by atoms with E-state index in [0.29, 0.717) is 0 Å². The molecule has 1 aromatic rings. The Bertz CT molecular complexity index is 375. The predicted octanol–water partition coefficient (Wildman–Crippen LogP) is 1.10. The first kappa shape index (κ1) is 12.3. The molecule has 88 valence electrons. The van der Waals surface area contributed by atoms with Gasteiger partial charge in [-0.15, -0.1) is 0 Å². The standard InChI is InChI=1S/C9H13N3O4/c1-9(2,13)6-16-11-8-7(12(14)15)4-3-5-10-8/h3-5,13H,6H2,1-2H3,(H,10,11). The predicted molar refractivity (Wildman–Crippen MR) is 56.8 cm³/mol. The lowest BCUT2D eigenvalue weighted by molar-refractivity contribution is -0.384. The molecule has 0 radical (unpaired) electrons. The molecule has 7 nitrogen and oxygen atoms in total. The van der Waals surface area contributed by atoms with Crippen molar-refractivity contribution in [2.45, 2.75) is 19.4 Å². The summed E-state index contributed by atoms with van der Waals surface area (Å²) in [5, 5.41) is 20.0. The first-order valence-electron chi connectivity index (χ1n) is 4.60. The highest BCUT2D eigenvalue weighted by Crippen LogP contribution is 2.20. The molecule has 0 saturated carbocycles. The monoisotopic (exact) mass is 227 g/mol. The molecule has 0 spiro atoms. The molecule has 16 heavy (non-hydrogen) atoms. The summed E-state index contributed by atoms with van der Waals surface area (Å²) in [5.74, 6) is 0.0109. The fourth-order valence-corrected chi connectivity index (χ4v) is 0.904. The van der Waals surface area contributed by atoms with Gasteiger partial charge >= 0.3 is 5.69 Å². The molecule has 0 fully saturated rings. The fourth-order valence-electron chi connectivity index (χ4n) is 0.904. The van der Waals surface area contributed by atoms with E-state index < -0.39 is 10.5 Å². The van der Waals surface area contributed by atoms with E-state index >= 15 is 0 Å². The van der Waals surface area contributed by atoms with Crippen LogP contribution in [-0.2, 0) is 4.84 Å². The van der Waals surface area contributed by atoms with E-state index in [-0.39, 0.29) is 18.1 Å². The molecule has 7 heteroatoms. The van der Waals surface area contributed by atoms with Gasteiger partial charge in [-0.25, -0.2) is 10.5 Å². The van der Waals surface area contributed by atoms with Crippen LogP contribution in [0.2, 0.25) is 0 Å². The molecule has 0 aromatic carbocycles. The molecule has 0 atom stereocenters. The summed E-state index contributed by atoms with van der Waals surface area (Å²) in [4.78, 5) is 18.7. The van der Waals surface area contributed by atoms with Crippen molar-refractivity contribution < 1.29 is 14.9 Å². The number of hydrogen-bond donors (Lipinski definition) is 2. The van der Waals surface area contributed by atoms with E-state index in [2.05, 4.69) is 10.5 Å². The van der Waals surface area contributed by atoms with Crippen LogP contribution in [0.25, 0.3) is 0 Å². The zero-order chi connectivity index (χ0) is 12.2. The van der Waals surface area contributed by atoms with E-state index in [0.717, 1.165) is 0 Å².